The lowest BCUT2D eigenvalue weighted by molar-refractivity contribution is 0.0734. The summed E-state index contributed by atoms with van der Waals surface area (Å²) in [5.41, 5.74) is 1.85. The molecule has 1 saturated carbocycles. The zero-order valence-electron chi connectivity index (χ0n) is 20.1. The van der Waals surface area contributed by atoms with E-state index in [1.807, 2.05) is 24.3 Å². The Morgan fingerprint density at radius 3 is 2.06 bits per heavy atom. The first-order valence-electron chi connectivity index (χ1n) is 12.6. The maximum absolute atomic E-state index is 12.5. The Morgan fingerprint density at radius 1 is 0.875 bits per heavy atom. The zero-order valence-corrected chi connectivity index (χ0v) is 20.1. The number of benzene rings is 2. The van der Waals surface area contributed by atoms with E-state index in [0.717, 1.165) is 30.4 Å². The molecule has 0 saturated heterocycles. The number of hydrogen-bond donors (Lipinski definition) is 0. The van der Waals surface area contributed by atoms with E-state index in [1.165, 1.54) is 50.5 Å². The molecule has 1 atom stereocenters. The minimum absolute atomic E-state index is 0.338. The van der Waals surface area contributed by atoms with Gasteiger partial charge in [0.05, 0.1) is 12.2 Å². The van der Waals surface area contributed by atoms with Crippen LogP contribution in [0.25, 0.3) is 0 Å². The minimum Gasteiger partial charge on any atom is -0.493 e. The summed E-state index contributed by atoms with van der Waals surface area (Å²) in [5.74, 6) is 3.40. The van der Waals surface area contributed by atoms with Crippen LogP contribution >= 0.6 is 0 Å². The van der Waals surface area contributed by atoms with Crippen molar-refractivity contribution in [3.05, 3.63) is 59.7 Å². The van der Waals surface area contributed by atoms with Crippen LogP contribution in [0.15, 0.2) is 48.5 Å². The second-order valence-electron chi connectivity index (χ2n) is 9.60. The van der Waals surface area contributed by atoms with Gasteiger partial charge in [-0.25, -0.2) is 4.79 Å². The van der Waals surface area contributed by atoms with Crippen molar-refractivity contribution in [1.82, 2.24) is 0 Å². The Hall–Kier alpha value is -2.29. The maximum atomic E-state index is 12.5. The van der Waals surface area contributed by atoms with Crippen molar-refractivity contribution in [2.24, 2.45) is 17.8 Å². The van der Waals surface area contributed by atoms with Gasteiger partial charge < -0.3 is 9.47 Å². The van der Waals surface area contributed by atoms with Gasteiger partial charge in [0.15, 0.2) is 0 Å². The fourth-order valence-electron chi connectivity index (χ4n) is 4.52. The molecule has 0 aliphatic heterocycles. The van der Waals surface area contributed by atoms with Crippen LogP contribution in [0, 0.1) is 17.8 Å². The van der Waals surface area contributed by atoms with Gasteiger partial charge >= 0.3 is 5.97 Å². The second kappa shape index (κ2) is 12.7. The third-order valence-electron chi connectivity index (χ3n) is 6.96. The standard InChI is InChI=1S/C29H40O3/c1-4-6-23-7-9-24(10-8-23)11-12-25-13-17-28(18-14-25)32-29(30)26-15-19-27(20-16-26)31-21-22(3)5-2/h13-20,22-24H,4-12,21H2,1-3H3/t22-,23-,24-/m0/s1. The van der Waals surface area contributed by atoms with Gasteiger partial charge in [-0.1, -0.05) is 77.8 Å². The predicted molar refractivity (Wildman–Crippen MR) is 131 cm³/mol. The predicted octanol–water partition coefficient (Wildman–Crippen LogP) is 7.87. The van der Waals surface area contributed by atoms with E-state index in [-0.39, 0.29) is 5.97 Å². The van der Waals surface area contributed by atoms with Crippen molar-refractivity contribution in [3.8, 4) is 11.5 Å². The van der Waals surface area contributed by atoms with E-state index in [0.29, 0.717) is 23.8 Å². The molecule has 1 aliphatic carbocycles. The molecule has 1 aliphatic rings. The van der Waals surface area contributed by atoms with E-state index in [9.17, 15) is 4.79 Å². The second-order valence-corrected chi connectivity index (χ2v) is 9.60. The molecule has 2 aromatic carbocycles. The lowest BCUT2D eigenvalue weighted by atomic mass is 9.78. The molecule has 0 spiro atoms. The molecule has 1 fully saturated rings. The zero-order chi connectivity index (χ0) is 22.8. The van der Waals surface area contributed by atoms with Gasteiger partial charge in [0.1, 0.15) is 11.5 Å². The first-order chi connectivity index (χ1) is 15.6. The van der Waals surface area contributed by atoms with Crippen LogP contribution in [-0.4, -0.2) is 12.6 Å². The fraction of sp³-hybridized carbons (Fsp3) is 0.552. The van der Waals surface area contributed by atoms with Crippen molar-refractivity contribution < 1.29 is 14.3 Å². The van der Waals surface area contributed by atoms with Crippen LogP contribution in [0.3, 0.4) is 0 Å². The first kappa shape index (κ1) is 24.4. The van der Waals surface area contributed by atoms with Crippen LogP contribution in [-0.2, 0) is 6.42 Å². The van der Waals surface area contributed by atoms with Crippen molar-refractivity contribution in [2.75, 3.05) is 6.61 Å². The lowest BCUT2D eigenvalue weighted by Crippen LogP contribution is -2.15. The van der Waals surface area contributed by atoms with E-state index in [2.05, 4.69) is 32.9 Å². The summed E-state index contributed by atoms with van der Waals surface area (Å²) >= 11 is 0. The molecule has 0 aromatic heterocycles. The number of rotatable bonds is 11. The molecule has 3 heteroatoms. The third-order valence-corrected chi connectivity index (χ3v) is 6.96. The summed E-state index contributed by atoms with van der Waals surface area (Å²) in [5, 5.41) is 0. The van der Waals surface area contributed by atoms with Crippen LogP contribution < -0.4 is 9.47 Å². The highest BCUT2D eigenvalue weighted by molar-refractivity contribution is 5.91. The molecule has 32 heavy (non-hydrogen) atoms. The number of ether oxygens (including phenoxy) is 2. The van der Waals surface area contributed by atoms with E-state index in [1.54, 1.807) is 12.1 Å². The number of esters is 1. The maximum Gasteiger partial charge on any atom is 0.343 e. The first-order valence-corrected chi connectivity index (χ1v) is 12.6. The Bertz CT molecular complexity index is 801. The Morgan fingerprint density at radius 2 is 1.47 bits per heavy atom. The molecule has 0 heterocycles. The van der Waals surface area contributed by atoms with Crippen LogP contribution in [0.4, 0.5) is 0 Å². The largest absolute Gasteiger partial charge is 0.493 e. The Labute approximate surface area is 194 Å². The molecular weight excluding hydrogens is 396 g/mol. The van der Waals surface area contributed by atoms with Gasteiger partial charge in [-0.3, -0.25) is 0 Å². The van der Waals surface area contributed by atoms with Crippen LogP contribution in [0.5, 0.6) is 11.5 Å². The quantitative estimate of drug-likeness (QED) is 0.265. The summed E-state index contributed by atoms with van der Waals surface area (Å²) in [6.07, 6.45) is 11.8. The number of hydrogen-bond acceptors (Lipinski definition) is 3. The summed E-state index contributed by atoms with van der Waals surface area (Å²) in [7, 11) is 0. The summed E-state index contributed by atoms with van der Waals surface area (Å²) < 4.78 is 11.3. The molecule has 0 amide bonds. The van der Waals surface area contributed by atoms with Crippen molar-refractivity contribution in [3.63, 3.8) is 0 Å². The van der Waals surface area contributed by atoms with Gasteiger partial charge in [0, 0.05) is 0 Å². The summed E-state index contributed by atoms with van der Waals surface area (Å²) in [6.45, 7) is 7.30. The van der Waals surface area contributed by atoms with Gasteiger partial charge in [-0.05, 0) is 72.6 Å². The highest BCUT2D eigenvalue weighted by Gasteiger charge is 2.20. The summed E-state index contributed by atoms with van der Waals surface area (Å²) in [4.78, 5) is 12.5. The number of aryl methyl sites for hydroxylation is 1. The molecule has 3 rings (SSSR count). The molecule has 0 radical (unpaired) electrons. The third kappa shape index (κ3) is 7.69. The van der Waals surface area contributed by atoms with Crippen molar-refractivity contribution in [1.29, 1.82) is 0 Å². The van der Waals surface area contributed by atoms with Gasteiger partial charge in [-0.2, -0.15) is 0 Å². The van der Waals surface area contributed by atoms with E-state index in [4.69, 9.17) is 9.47 Å². The van der Waals surface area contributed by atoms with Crippen LogP contribution in [0.1, 0.15) is 88.1 Å². The molecule has 174 valence electrons. The van der Waals surface area contributed by atoms with Crippen LogP contribution in [0.2, 0.25) is 0 Å². The molecule has 3 nitrogen and oxygen atoms in total. The molecule has 0 bridgehead atoms. The Balaban J connectivity index is 1.42. The van der Waals surface area contributed by atoms with Gasteiger partial charge in [0.25, 0.3) is 0 Å². The molecule has 0 N–H and O–H groups in total. The Kier molecular flexibility index (Phi) is 9.64. The smallest absolute Gasteiger partial charge is 0.343 e. The normalized spacial score (nSPS) is 19.3. The van der Waals surface area contributed by atoms with Gasteiger partial charge in [-0.15, -0.1) is 0 Å². The van der Waals surface area contributed by atoms with Crippen molar-refractivity contribution >= 4 is 5.97 Å². The number of carbonyl (C=O) groups excluding carboxylic acids is 1. The highest BCUT2D eigenvalue weighted by atomic mass is 16.5. The lowest BCUT2D eigenvalue weighted by Gasteiger charge is -2.28. The minimum atomic E-state index is -0.338. The summed E-state index contributed by atoms with van der Waals surface area (Å²) in [6, 6.07) is 15.2. The SMILES string of the molecule is CCC[C@H]1CC[C@H](CCc2ccc(OC(=O)c3ccc(OC[C@@H](C)CC)cc3)cc2)CC1. The fourth-order valence-corrected chi connectivity index (χ4v) is 4.52. The number of carbonyl (C=O) groups is 1. The van der Waals surface area contributed by atoms with E-state index < -0.39 is 0 Å². The highest BCUT2D eigenvalue weighted by Crippen LogP contribution is 2.34. The van der Waals surface area contributed by atoms with E-state index >= 15 is 0 Å². The topological polar surface area (TPSA) is 35.5 Å². The van der Waals surface area contributed by atoms with Crippen molar-refractivity contribution in [2.45, 2.75) is 78.6 Å². The average Bonchev–Trinajstić information content (AvgIpc) is 2.83. The molecule has 2 aromatic rings. The molecule has 0 unspecified atom stereocenters. The monoisotopic (exact) mass is 436 g/mol. The average molecular weight is 437 g/mol. The van der Waals surface area contributed by atoms with Gasteiger partial charge in [0.2, 0.25) is 0 Å². The molecular formula is C29H40O3.